The number of hydrogen-bond donors (Lipinski definition) is 2. The van der Waals surface area contributed by atoms with Gasteiger partial charge in [0.15, 0.2) is 0 Å². The summed E-state index contributed by atoms with van der Waals surface area (Å²) in [6, 6.07) is 1.39. The van der Waals surface area contributed by atoms with Crippen molar-refractivity contribution in [3.63, 3.8) is 0 Å². The first-order valence-electron chi connectivity index (χ1n) is 7.05. The Bertz CT molecular complexity index is 492. The molecule has 0 aromatic carbocycles. The third-order valence-electron chi connectivity index (χ3n) is 4.01. The van der Waals surface area contributed by atoms with Gasteiger partial charge in [-0.15, -0.1) is 0 Å². The van der Waals surface area contributed by atoms with Crippen LogP contribution in [0.3, 0.4) is 0 Å². The van der Waals surface area contributed by atoms with Crippen LogP contribution in [0.25, 0.3) is 0 Å². The van der Waals surface area contributed by atoms with Gasteiger partial charge in [0.1, 0.15) is 11.6 Å². The summed E-state index contributed by atoms with van der Waals surface area (Å²) in [7, 11) is 1.67. The molecule has 1 amide bonds. The molecule has 1 fully saturated rings. The number of nitrogens with one attached hydrogen (secondary N) is 2. The van der Waals surface area contributed by atoms with Gasteiger partial charge in [-0.3, -0.25) is 4.79 Å². The molecule has 110 valence electrons. The first-order valence-corrected chi connectivity index (χ1v) is 7.05. The van der Waals surface area contributed by atoms with E-state index in [1.54, 1.807) is 7.05 Å². The van der Waals surface area contributed by atoms with E-state index in [2.05, 4.69) is 29.5 Å². The predicted octanol–water partition coefficient (Wildman–Crippen LogP) is 2.96. The van der Waals surface area contributed by atoms with E-state index in [1.807, 2.05) is 0 Å². The zero-order chi connectivity index (χ0) is 14.8. The highest BCUT2D eigenvalue weighted by Crippen LogP contribution is 2.35. The Labute approximate surface area is 119 Å². The number of aromatic nitrogens is 1. The van der Waals surface area contributed by atoms with Crippen LogP contribution in [0.4, 0.5) is 10.2 Å². The summed E-state index contributed by atoms with van der Waals surface area (Å²) in [6.07, 6.45) is 5.23. The van der Waals surface area contributed by atoms with Gasteiger partial charge in [0.05, 0.1) is 11.8 Å². The average molecular weight is 279 g/mol. The molecule has 2 N–H and O–H groups in total. The lowest BCUT2D eigenvalue weighted by Gasteiger charge is -2.34. The van der Waals surface area contributed by atoms with Gasteiger partial charge in [0.25, 0.3) is 5.91 Å². The molecule has 0 bridgehead atoms. The van der Waals surface area contributed by atoms with E-state index in [0.29, 0.717) is 11.2 Å². The van der Waals surface area contributed by atoms with Gasteiger partial charge >= 0.3 is 0 Å². The summed E-state index contributed by atoms with van der Waals surface area (Å²) in [4.78, 5) is 16.1. The summed E-state index contributed by atoms with van der Waals surface area (Å²) < 4.78 is 13.3. The molecule has 1 aliphatic rings. The molecule has 1 heterocycles. The summed E-state index contributed by atoms with van der Waals surface area (Å²) in [5, 5.41) is 5.80. The van der Waals surface area contributed by atoms with Crippen molar-refractivity contribution in [2.24, 2.45) is 5.41 Å². The largest absolute Gasteiger partial charge is 0.372 e. The lowest BCUT2D eigenvalue weighted by Crippen LogP contribution is -2.39. The molecule has 0 aliphatic heterocycles. The fraction of sp³-hybridized carbons (Fsp3) is 0.600. The molecule has 0 saturated heterocycles. The van der Waals surface area contributed by atoms with Gasteiger partial charge in [0, 0.05) is 13.1 Å². The molecule has 4 nitrogen and oxygen atoms in total. The molecule has 5 heteroatoms. The number of nitrogens with zero attached hydrogens (tertiary/aromatic N) is 1. The first kappa shape index (κ1) is 14.8. The molecule has 0 unspecified atom stereocenters. The van der Waals surface area contributed by atoms with Crippen molar-refractivity contribution in [1.29, 1.82) is 0 Å². The summed E-state index contributed by atoms with van der Waals surface area (Å²) in [5.74, 6) is -0.356. The molecular weight excluding hydrogens is 257 g/mol. The smallest absolute Gasteiger partial charge is 0.255 e. The number of halogens is 1. The molecule has 1 aromatic heterocycles. The van der Waals surface area contributed by atoms with Crippen LogP contribution in [0.1, 0.15) is 49.9 Å². The third kappa shape index (κ3) is 3.46. The van der Waals surface area contributed by atoms with E-state index < -0.39 is 5.82 Å². The number of pyridine rings is 1. The highest BCUT2D eigenvalue weighted by atomic mass is 19.1. The van der Waals surface area contributed by atoms with E-state index in [1.165, 1.54) is 6.07 Å². The second-order valence-electron chi connectivity index (χ2n) is 6.21. The molecule has 0 radical (unpaired) electrons. The highest BCUT2D eigenvalue weighted by Gasteiger charge is 2.28. The number of carbonyl (C=O) groups is 1. The Balaban J connectivity index is 2.04. The van der Waals surface area contributed by atoms with E-state index in [4.69, 9.17) is 0 Å². The van der Waals surface area contributed by atoms with E-state index in [0.717, 1.165) is 31.9 Å². The van der Waals surface area contributed by atoms with Crippen molar-refractivity contribution in [2.45, 2.75) is 45.6 Å². The zero-order valence-electron chi connectivity index (χ0n) is 12.3. The molecule has 20 heavy (non-hydrogen) atoms. The Morgan fingerprint density at radius 1 is 1.40 bits per heavy atom. The van der Waals surface area contributed by atoms with E-state index >= 15 is 0 Å². The van der Waals surface area contributed by atoms with Crippen molar-refractivity contribution in [3.8, 4) is 0 Å². The minimum atomic E-state index is -0.501. The van der Waals surface area contributed by atoms with Gasteiger partial charge in [0.2, 0.25) is 0 Å². The monoisotopic (exact) mass is 279 g/mol. The van der Waals surface area contributed by atoms with Crippen molar-refractivity contribution in [3.05, 3.63) is 23.6 Å². The molecule has 0 atom stereocenters. The molecule has 0 spiro atoms. The van der Waals surface area contributed by atoms with Crippen LogP contribution in [-0.4, -0.2) is 24.0 Å². The van der Waals surface area contributed by atoms with Crippen molar-refractivity contribution in [2.75, 3.05) is 12.4 Å². The maximum absolute atomic E-state index is 13.3. The number of amides is 1. The molecular formula is C15H22FN3O. The summed E-state index contributed by atoms with van der Waals surface area (Å²) in [5.41, 5.74) is 0.620. The van der Waals surface area contributed by atoms with Gasteiger partial charge < -0.3 is 10.6 Å². The summed E-state index contributed by atoms with van der Waals surface area (Å²) in [6.45, 7) is 4.50. The number of hydrogen-bond acceptors (Lipinski definition) is 3. The second-order valence-corrected chi connectivity index (χ2v) is 6.21. The van der Waals surface area contributed by atoms with Crippen LogP contribution < -0.4 is 10.6 Å². The van der Waals surface area contributed by atoms with Crippen LogP contribution in [0.5, 0.6) is 0 Å². The SMILES string of the molecule is CNc1ncc(F)cc1C(=O)NC1CCC(C)(C)CC1. The minimum Gasteiger partial charge on any atom is -0.372 e. The van der Waals surface area contributed by atoms with Crippen molar-refractivity contribution < 1.29 is 9.18 Å². The second kappa shape index (κ2) is 5.77. The van der Waals surface area contributed by atoms with E-state index in [-0.39, 0.29) is 17.5 Å². The van der Waals surface area contributed by atoms with Crippen LogP contribution in [-0.2, 0) is 0 Å². The number of rotatable bonds is 3. The summed E-state index contributed by atoms with van der Waals surface area (Å²) >= 11 is 0. The first-order chi connectivity index (χ1) is 9.41. The predicted molar refractivity (Wildman–Crippen MR) is 77.2 cm³/mol. The van der Waals surface area contributed by atoms with Crippen LogP contribution in [0.15, 0.2) is 12.3 Å². The van der Waals surface area contributed by atoms with Gasteiger partial charge in [-0.2, -0.15) is 0 Å². The van der Waals surface area contributed by atoms with Crippen molar-refractivity contribution in [1.82, 2.24) is 10.3 Å². The Kier molecular flexibility index (Phi) is 4.26. The highest BCUT2D eigenvalue weighted by molar-refractivity contribution is 5.98. The quantitative estimate of drug-likeness (QED) is 0.894. The van der Waals surface area contributed by atoms with Crippen LogP contribution in [0.2, 0.25) is 0 Å². The minimum absolute atomic E-state index is 0.170. The molecule has 1 saturated carbocycles. The van der Waals surface area contributed by atoms with Crippen molar-refractivity contribution >= 4 is 11.7 Å². The maximum Gasteiger partial charge on any atom is 0.255 e. The van der Waals surface area contributed by atoms with Crippen LogP contribution >= 0.6 is 0 Å². The Hall–Kier alpha value is -1.65. The van der Waals surface area contributed by atoms with Gasteiger partial charge in [-0.1, -0.05) is 13.8 Å². The van der Waals surface area contributed by atoms with Gasteiger partial charge in [-0.05, 0) is 37.2 Å². The third-order valence-corrected chi connectivity index (χ3v) is 4.01. The van der Waals surface area contributed by atoms with E-state index in [9.17, 15) is 9.18 Å². The lowest BCUT2D eigenvalue weighted by molar-refractivity contribution is 0.0909. The number of anilines is 1. The zero-order valence-corrected chi connectivity index (χ0v) is 12.3. The van der Waals surface area contributed by atoms with Crippen LogP contribution in [0, 0.1) is 11.2 Å². The Morgan fingerprint density at radius 2 is 2.05 bits per heavy atom. The maximum atomic E-state index is 13.3. The fourth-order valence-corrected chi connectivity index (χ4v) is 2.62. The normalized spacial score (nSPS) is 18.6. The number of carbonyl (C=O) groups excluding carboxylic acids is 1. The fourth-order valence-electron chi connectivity index (χ4n) is 2.62. The lowest BCUT2D eigenvalue weighted by atomic mass is 9.75. The Morgan fingerprint density at radius 3 is 2.65 bits per heavy atom. The standard InChI is InChI=1S/C15H22FN3O/c1-15(2)6-4-11(5-7-15)19-14(20)12-8-10(16)9-18-13(12)17-3/h8-9,11H,4-7H2,1-3H3,(H,17,18)(H,19,20). The average Bonchev–Trinajstić information content (AvgIpc) is 2.41. The molecule has 2 rings (SSSR count). The molecule has 1 aromatic rings. The topological polar surface area (TPSA) is 54.0 Å². The van der Waals surface area contributed by atoms with Gasteiger partial charge in [-0.25, -0.2) is 9.37 Å². The molecule has 1 aliphatic carbocycles.